The summed E-state index contributed by atoms with van der Waals surface area (Å²) in [5.41, 5.74) is 5.00. The number of unbranched alkanes of at least 4 members (excludes halogenated alkanes) is 2. The highest BCUT2D eigenvalue weighted by atomic mass is 35.5. The minimum Gasteiger partial charge on any atom is -0.460 e. The van der Waals surface area contributed by atoms with E-state index in [1.54, 1.807) is 45.0 Å². The van der Waals surface area contributed by atoms with E-state index in [-0.39, 0.29) is 30.9 Å². The number of benzene rings is 4. The number of carbonyl (C=O) groups excluding carboxylic acids is 6. The van der Waals surface area contributed by atoms with Gasteiger partial charge in [-0.2, -0.15) is 0 Å². The van der Waals surface area contributed by atoms with E-state index in [0.29, 0.717) is 5.92 Å². The standard InChI is InChI=1S/C28H33NO6.C20H25N.C4H5ClO3/c1-5-9-10-18(6-2)17-29-23-13-11-19(25(30)27(32)34-7-3)15-21(23)22-16-20(12-14-24(22)29)26(31)28(33)35-8-4;1-3-5-10-16(4-2)15-21-19-13-8-6-11-17(19)18-12-7-9-14-20(18)21;1-2-8-4(7)3(5)6/h11-16,18H,5-10,17H2,1-4H3;6-9,11-14,16H,3-5,10,15H2,1-2H3;2H2,1H3. The highest BCUT2D eigenvalue weighted by Gasteiger charge is 2.23. The van der Waals surface area contributed by atoms with Crippen LogP contribution in [0.4, 0.5) is 0 Å². The van der Waals surface area contributed by atoms with Gasteiger partial charge in [-0.25, -0.2) is 14.4 Å². The van der Waals surface area contributed by atoms with Crippen molar-refractivity contribution in [3.63, 3.8) is 0 Å². The maximum atomic E-state index is 12.6. The fourth-order valence-electron chi connectivity index (χ4n) is 7.95. The average molecular weight is 896 g/mol. The lowest BCUT2D eigenvalue weighted by atomic mass is 9.99. The van der Waals surface area contributed by atoms with E-state index in [1.807, 2.05) is 12.1 Å². The molecular formula is C52H63ClN2O9. The SMILES string of the molecule is CCCCC(CC)Cn1c2ccc(C(=O)C(=O)OCC)cc2c2cc(C(=O)C(=O)OCC)ccc21.CCCCC(CC)Cn1c2ccccc2c2ccccc21.CCOC(=O)C(=O)Cl. The minimum atomic E-state index is -1.08. The Morgan fingerprint density at radius 1 is 0.484 bits per heavy atom. The van der Waals surface area contributed by atoms with Gasteiger partial charge in [0.1, 0.15) is 0 Å². The van der Waals surface area contributed by atoms with Crippen molar-refractivity contribution < 1.29 is 43.0 Å². The number of halogens is 1. The molecule has 0 aliphatic heterocycles. The zero-order chi connectivity index (χ0) is 46.8. The molecule has 4 aromatic carbocycles. The van der Waals surface area contributed by atoms with Crippen molar-refractivity contribution in [2.75, 3.05) is 19.8 Å². The van der Waals surface area contributed by atoms with E-state index in [2.05, 4.69) is 90.1 Å². The van der Waals surface area contributed by atoms with Crippen LogP contribution in [-0.4, -0.2) is 63.7 Å². The molecule has 11 nitrogen and oxygen atoms in total. The molecule has 12 heteroatoms. The normalized spacial score (nSPS) is 11.9. The van der Waals surface area contributed by atoms with Crippen molar-refractivity contribution in [1.82, 2.24) is 9.13 Å². The van der Waals surface area contributed by atoms with Crippen LogP contribution in [0.5, 0.6) is 0 Å². The molecule has 0 saturated heterocycles. The smallest absolute Gasteiger partial charge is 0.391 e. The molecule has 0 N–H and O–H groups in total. The Morgan fingerprint density at radius 2 is 0.844 bits per heavy atom. The fourth-order valence-corrected chi connectivity index (χ4v) is 8.01. The minimum absolute atomic E-state index is 0.113. The molecule has 2 aromatic heterocycles. The molecule has 0 aliphatic rings. The van der Waals surface area contributed by atoms with Crippen molar-refractivity contribution in [2.45, 2.75) is 113 Å². The van der Waals surface area contributed by atoms with Crippen LogP contribution >= 0.6 is 11.6 Å². The summed E-state index contributed by atoms with van der Waals surface area (Å²) in [6, 6.07) is 27.9. The fraction of sp³-hybridized carbons (Fsp3) is 0.423. The lowest BCUT2D eigenvalue weighted by Crippen LogP contribution is -2.17. The van der Waals surface area contributed by atoms with Crippen molar-refractivity contribution in [3.8, 4) is 0 Å². The van der Waals surface area contributed by atoms with E-state index in [1.165, 1.54) is 47.5 Å². The van der Waals surface area contributed by atoms with Crippen LogP contribution in [0.25, 0.3) is 43.6 Å². The number of Topliss-reactive ketones (excluding diaryl/α,β-unsaturated/α-hetero) is 2. The zero-order valence-corrected chi connectivity index (χ0v) is 39.1. The Morgan fingerprint density at radius 3 is 1.17 bits per heavy atom. The van der Waals surface area contributed by atoms with Crippen LogP contribution in [0, 0.1) is 11.8 Å². The lowest BCUT2D eigenvalue weighted by molar-refractivity contribution is -0.149. The number of para-hydroxylation sites is 2. The van der Waals surface area contributed by atoms with Gasteiger partial charge in [0.05, 0.1) is 19.8 Å². The summed E-state index contributed by atoms with van der Waals surface area (Å²) in [6.45, 7) is 16.2. The summed E-state index contributed by atoms with van der Waals surface area (Å²) in [4.78, 5) is 69.2. The second kappa shape index (κ2) is 25.5. The van der Waals surface area contributed by atoms with Crippen molar-refractivity contribution in [3.05, 3.63) is 96.1 Å². The van der Waals surface area contributed by atoms with Gasteiger partial charge in [0.15, 0.2) is 0 Å². The number of fused-ring (bicyclic) bond motifs is 6. The Hall–Kier alpha value is -5.81. The first-order valence-corrected chi connectivity index (χ1v) is 23.1. The highest BCUT2D eigenvalue weighted by molar-refractivity contribution is 6.80. The molecule has 0 bridgehead atoms. The molecule has 6 aromatic rings. The van der Waals surface area contributed by atoms with Crippen LogP contribution in [0.15, 0.2) is 84.9 Å². The molecule has 342 valence electrons. The van der Waals surface area contributed by atoms with Crippen LogP contribution < -0.4 is 0 Å². The third-order valence-corrected chi connectivity index (χ3v) is 11.5. The summed E-state index contributed by atoms with van der Waals surface area (Å²) in [5, 5.41) is 3.17. The molecule has 2 atom stereocenters. The number of ether oxygens (including phenoxy) is 3. The maximum absolute atomic E-state index is 12.6. The first kappa shape index (κ1) is 50.8. The molecule has 0 aliphatic carbocycles. The second-order valence-corrected chi connectivity index (χ2v) is 16.0. The van der Waals surface area contributed by atoms with Gasteiger partial charge < -0.3 is 23.3 Å². The van der Waals surface area contributed by atoms with E-state index in [9.17, 15) is 28.8 Å². The predicted molar refractivity (Wildman–Crippen MR) is 255 cm³/mol. The number of hydrogen-bond donors (Lipinski definition) is 0. The van der Waals surface area contributed by atoms with E-state index >= 15 is 0 Å². The molecular weight excluding hydrogens is 832 g/mol. The number of hydrogen-bond acceptors (Lipinski definition) is 9. The average Bonchev–Trinajstić information content (AvgIpc) is 3.79. The van der Waals surface area contributed by atoms with Crippen LogP contribution in [0.2, 0.25) is 0 Å². The van der Waals surface area contributed by atoms with Crippen molar-refractivity contribution in [2.24, 2.45) is 11.8 Å². The summed E-state index contributed by atoms with van der Waals surface area (Å²) < 4.78 is 18.7. The number of nitrogens with zero attached hydrogens (tertiary/aromatic N) is 2. The summed E-state index contributed by atoms with van der Waals surface area (Å²) in [7, 11) is 0. The second-order valence-electron chi connectivity index (χ2n) is 15.6. The van der Waals surface area contributed by atoms with Gasteiger partial charge in [-0.3, -0.25) is 14.4 Å². The topological polar surface area (TPSA) is 140 Å². The Kier molecular flexibility index (Phi) is 20.2. The third-order valence-electron chi connectivity index (χ3n) is 11.4. The Balaban J connectivity index is 0.000000259. The van der Waals surface area contributed by atoms with Crippen molar-refractivity contribution in [1.29, 1.82) is 0 Å². The number of rotatable bonds is 20. The highest BCUT2D eigenvalue weighted by Crippen LogP contribution is 2.34. The monoisotopic (exact) mass is 894 g/mol. The van der Waals surface area contributed by atoms with Gasteiger partial charge in [-0.15, -0.1) is 0 Å². The van der Waals surface area contributed by atoms with Gasteiger partial charge in [0.25, 0.3) is 11.6 Å². The van der Waals surface area contributed by atoms with Gasteiger partial charge in [0.2, 0.25) is 0 Å². The van der Waals surface area contributed by atoms with Gasteiger partial charge in [-0.05, 0) is 106 Å². The molecule has 64 heavy (non-hydrogen) atoms. The Bertz CT molecular complexity index is 2410. The number of esters is 3. The van der Waals surface area contributed by atoms with E-state index < -0.39 is 34.7 Å². The van der Waals surface area contributed by atoms with Crippen LogP contribution in [-0.2, 0) is 46.5 Å². The quantitative estimate of drug-likeness (QED) is 0.0241. The molecule has 2 heterocycles. The first-order chi connectivity index (χ1) is 30.9. The molecule has 2 unspecified atom stereocenters. The van der Waals surface area contributed by atoms with Crippen LogP contribution in [0.3, 0.4) is 0 Å². The lowest BCUT2D eigenvalue weighted by Gasteiger charge is -2.17. The maximum Gasteiger partial charge on any atom is 0.391 e. The summed E-state index contributed by atoms with van der Waals surface area (Å²) >= 11 is 4.69. The number of ketones is 2. The summed E-state index contributed by atoms with van der Waals surface area (Å²) in [5.74, 6) is -2.99. The number of carbonyl (C=O) groups is 6. The van der Waals surface area contributed by atoms with E-state index in [4.69, 9.17) is 21.1 Å². The summed E-state index contributed by atoms with van der Waals surface area (Å²) in [6.07, 6.45) is 9.65. The van der Waals surface area contributed by atoms with Gasteiger partial charge >= 0.3 is 23.2 Å². The molecule has 0 radical (unpaired) electrons. The van der Waals surface area contributed by atoms with Crippen LogP contribution in [0.1, 0.15) is 121 Å². The first-order valence-electron chi connectivity index (χ1n) is 22.7. The van der Waals surface area contributed by atoms with Gasteiger partial charge in [-0.1, -0.05) is 103 Å². The predicted octanol–water partition coefficient (Wildman–Crippen LogP) is 11.8. The molecule has 0 amide bonds. The zero-order valence-electron chi connectivity index (χ0n) is 38.4. The van der Waals surface area contributed by atoms with E-state index in [0.717, 1.165) is 66.5 Å². The molecule has 0 spiro atoms. The third kappa shape index (κ3) is 12.9. The molecule has 0 saturated carbocycles. The molecule has 0 fully saturated rings. The largest absolute Gasteiger partial charge is 0.460 e. The van der Waals surface area contributed by atoms with Gasteiger partial charge in [0, 0.05) is 67.8 Å². The number of aromatic nitrogens is 2. The van der Waals surface area contributed by atoms with Crippen molar-refractivity contribution >= 4 is 89.9 Å². The Labute approximate surface area is 381 Å². The molecule has 6 rings (SSSR count).